The molecular weight excluding hydrogens is 284 g/mol. The number of nitrogens with two attached hydrogens (primary N) is 2. The normalized spacial score (nSPS) is 29.3. The maximum atomic E-state index is 11.7. The third kappa shape index (κ3) is 1.94. The van der Waals surface area contributed by atoms with Crippen LogP contribution in [-0.4, -0.2) is 59.8 Å². The van der Waals surface area contributed by atoms with Gasteiger partial charge in [-0.15, -0.1) is 0 Å². The van der Waals surface area contributed by atoms with Crippen LogP contribution >= 0.6 is 0 Å². The molecule has 1 aliphatic rings. The van der Waals surface area contributed by atoms with Crippen LogP contribution in [0.3, 0.4) is 0 Å². The van der Waals surface area contributed by atoms with Crippen LogP contribution in [-0.2, 0) is 4.74 Å². The van der Waals surface area contributed by atoms with E-state index >= 15 is 0 Å². The Balaban J connectivity index is 2.17. The van der Waals surface area contributed by atoms with E-state index in [1.54, 1.807) is 0 Å². The molecule has 0 radical (unpaired) electrons. The molecule has 114 valence electrons. The predicted octanol–water partition coefficient (Wildman–Crippen LogP) is -3.10. The first-order valence-electron chi connectivity index (χ1n) is 6.09. The number of nitrogens with one attached hydrogen (secondary N) is 1. The second-order valence-corrected chi connectivity index (χ2v) is 4.69. The van der Waals surface area contributed by atoms with Gasteiger partial charge in [0.05, 0.1) is 6.61 Å². The number of imidazole rings is 1. The summed E-state index contributed by atoms with van der Waals surface area (Å²) < 4.78 is 6.51. The number of hydrogen-bond donors (Lipinski definition) is 6. The molecule has 11 heteroatoms. The largest absolute Gasteiger partial charge is 0.394 e. The third-order valence-corrected chi connectivity index (χ3v) is 3.37. The van der Waals surface area contributed by atoms with Gasteiger partial charge in [0.15, 0.2) is 17.4 Å². The quantitative estimate of drug-likeness (QED) is 0.334. The average molecular weight is 298 g/mol. The first-order valence-corrected chi connectivity index (χ1v) is 6.09. The van der Waals surface area contributed by atoms with Crippen molar-refractivity contribution in [2.24, 2.45) is 0 Å². The zero-order valence-electron chi connectivity index (χ0n) is 10.7. The molecule has 0 aromatic carbocycles. The molecule has 21 heavy (non-hydrogen) atoms. The molecule has 0 amide bonds. The van der Waals surface area contributed by atoms with Gasteiger partial charge in [-0.1, -0.05) is 0 Å². The minimum Gasteiger partial charge on any atom is -0.394 e. The summed E-state index contributed by atoms with van der Waals surface area (Å²) in [7, 11) is 0. The van der Waals surface area contributed by atoms with Crippen LogP contribution in [0, 0.1) is 0 Å². The Labute approximate surface area is 116 Å². The Kier molecular flexibility index (Phi) is 3.06. The van der Waals surface area contributed by atoms with E-state index in [0.29, 0.717) is 0 Å². The minimum atomic E-state index is -1.37. The molecule has 0 saturated carbocycles. The van der Waals surface area contributed by atoms with Gasteiger partial charge in [-0.3, -0.25) is 14.3 Å². The number of aliphatic hydroxyl groups is 3. The first-order chi connectivity index (χ1) is 9.93. The number of nitrogens with zero attached hydrogens (tertiary/aromatic N) is 3. The summed E-state index contributed by atoms with van der Waals surface area (Å²) in [6, 6.07) is 0. The molecule has 0 spiro atoms. The van der Waals surface area contributed by atoms with E-state index in [4.69, 9.17) is 21.3 Å². The third-order valence-electron chi connectivity index (χ3n) is 3.37. The van der Waals surface area contributed by atoms with Gasteiger partial charge in [0.25, 0.3) is 5.56 Å². The van der Waals surface area contributed by atoms with Crippen molar-refractivity contribution in [1.29, 1.82) is 0 Å². The van der Waals surface area contributed by atoms with Crippen LogP contribution in [0.2, 0.25) is 0 Å². The van der Waals surface area contributed by atoms with Crippen molar-refractivity contribution < 1.29 is 20.1 Å². The Hall–Kier alpha value is -2.21. The highest BCUT2D eigenvalue weighted by Crippen LogP contribution is 2.32. The Bertz CT molecular complexity index is 741. The maximum Gasteiger partial charge on any atom is 0.280 e. The average Bonchev–Trinajstić information content (AvgIpc) is 2.89. The molecule has 0 aliphatic carbocycles. The number of aromatic nitrogens is 4. The zero-order chi connectivity index (χ0) is 15.3. The fourth-order valence-corrected chi connectivity index (χ4v) is 2.36. The summed E-state index contributed by atoms with van der Waals surface area (Å²) >= 11 is 0. The molecule has 2 aromatic rings. The van der Waals surface area contributed by atoms with Crippen molar-refractivity contribution in [3.63, 3.8) is 0 Å². The van der Waals surface area contributed by atoms with Crippen molar-refractivity contribution in [3.8, 4) is 0 Å². The molecular formula is C10H14N6O5. The van der Waals surface area contributed by atoms with Gasteiger partial charge in [-0.2, -0.15) is 4.98 Å². The van der Waals surface area contributed by atoms with E-state index in [0.717, 1.165) is 4.57 Å². The number of H-pyrrole nitrogens is 1. The lowest BCUT2D eigenvalue weighted by atomic mass is 10.1. The summed E-state index contributed by atoms with van der Waals surface area (Å²) in [5.74, 6) is -0.288. The number of fused-ring (bicyclic) bond motifs is 1. The standard InChI is InChI=1S/C10H14N6O5/c11-9-14-6-3(7(20)15-9)13-10(12)16(6)8-5(19)4(18)2(1-17)21-8/h2,4-5,8,17-19H,1H2,(H2,12,13)(H3,11,14,15,20)/t2-,4+,5-,8+/m0/s1. The van der Waals surface area contributed by atoms with E-state index in [9.17, 15) is 15.0 Å². The SMILES string of the molecule is Nc1nc2c(nc(N)n2[C@@H]2O[C@@H](CO)[C@@H](O)[C@@H]2O)c(=O)[nH]1. The molecule has 0 unspecified atom stereocenters. The van der Waals surface area contributed by atoms with Crippen molar-refractivity contribution in [1.82, 2.24) is 19.5 Å². The summed E-state index contributed by atoms with van der Waals surface area (Å²) in [4.78, 5) is 21.8. The second kappa shape index (κ2) is 4.66. The second-order valence-electron chi connectivity index (χ2n) is 4.69. The predicted molar refractivity (Wildman–Crippen MR) is 70.0 cm³/mol. The van der Waals surface area contributed by atoms with Crippen LogP contribution in [0.1, 0.15) is 6.23 Å². The number of anilines is 2. The highest BCUT2D eigenvalue weighted by atomic mass is 16.6. The smallest absolute Gasteiger partial charge is 0.280 e. The van der Waals surface area contributed by atoms with Gasteiger partial charge < -0.3 is 31.5 Å². The molecule has 1 fully saturated rings. The Morgan fingerprint density at radius 1 is 1.29 bits per heavy atom. The minimum absolute atomic E-state index is 0.0172. The number of rotatable bonds is 2. The van der Waals surface area contributed by atoms with Crippen molar-refractivity contribution in [2.45, 2.75) is 24.5 Å². The lowest BCUT2D eigenvalue weighted by molar-refractivity contribution is -0.0500. The van der Waals surface area contributed by atoms with E-state index in [-0.39, 0.29) is 23.1 Å². The summed E-state index contributed by atoms with van der Waals surface area (Å²) in [6.07, 6.45) is -4.81. The fraction of sp³-hybridized carbons (Fsp3) is 0.500. The number of nitrogen functional groups attached to an aromatic ring is 2. The topological polar surface area (TPSA) is 186 Å². The Morgan fingerprint density at radius 3 is 2.62 bits per heavy atom. The molecule has 2 aromatic heterocycles. The number of aliphatic hydroxyl groups excluding tert-OH is 3. The van der Waals surface area contributed by atoms with Gasteiger partial charge in [-0.25, -0.2) is 4.98 Å². The first kappa shape index (κ1) is 13.8. The monoisotopic (exact) mass is 298 g/mol. The van der Waals surface area contributed by atoms with Crippen LogP contribution in [0.4, 0.5) is 11.9 Å². The molecule has 4 atom stereocenters. The van der Waals surface area contributed by atoms with Crippen LogP contribution in [0.15, 0.2) is 4.79 Å². The summed E-state index contributed by atoms with van der Waals surface area (Å²) in [6.45, 7) is -0.489. The van der Waals surface area contributed by atoms with Gasteiger partial charge in [0.2, 0.25) is 11.9 Å². The van der Waals surface area contributed by atoms with Crippen molar-refractivity contribution >= 4 is 23.1 Å². The summed E-state index contributed by atoms with van der Waals surface area (Å²) in [5.41, 5.74) is 10.6. The summed E-state index contributed by atoms with van der Waals surface area (Å²) in [5, 5.41) is 28.9. The van der Waals surface area contributed by atoms with Gasteiger partial charge >= 0.3 is 0 Å². The fourth-order valence-electron chi connectivity index (χ4n) is 2.36. The molecule has 11 nitrogen and oxygen atoms in total. The molecule has 1 aliphatic heterocycles. The number of aromatic amines is 1. The molecule has 3 rings (SSSR count). The lowest BCUT2D eigenvalue weighted by Gasteiger charge is -2.17. The molecule has 1 saturated heterocycles. The van der Waals surface area contributed by atoms with Gasteiger partial charge in [0.1, 0.15) is 18.3 Å². The van der Waals surface area contributed by atoms with Crippen molar-refractivity contribution in [3.05, 3.63) is 10.4 Å². The van der Waals surface area contributed by atoms with Gasteiger partial charge in [0, 0.05) is 0 Å². The molecule has 8 N–H and O–H groups in total. The van der Waals surface area contributed by atoms with Gasteiger partial charge in [-0.05, 0) is 0 Å². The van der Waals surface area contributed by atoms with Crippen molar-refractivity contribution in [2.75, 3.05) is 18.1 Å². The lowest BCUT2D eigenvalue weighted by Crippen LogP contribution is -2.33. The van der Waals surface area contributed by atoms with E-state index < -0.39 is 36.7 Å². The van der Waals surface area contributed by atoms with E-state index in [1.807, 2.05) is 0 Å². The maximum absolute atomic E-state index is 11.7. The van der Waals surface area contributed by atoms with Crippen LogP contribution in [0.25, 0.3) is 11.2 Å². The highest BCUT2D eigenvalue weighted by Gasteiger charge is 2.44. The Morgan fingerprint density at radius 2 is 2.00 bits per heavy atom. The molecule has 3 heterocycles. The number of hydrogen-bond acceptors (Lipinski definition) is 9. The van der Waals surface area contributed by atoms with E-state index in [2.05, 4.69) is 15.0 Å². The molecule has 0 bridgehead atoms. The van der Waals surface area contributed by atoms with Crippen LogP contribution in [0.5, 0.6) is 0 Å². The number of ether oxygens (including phenoxy) is 1. The highest BCUT2D eigenvalue weighted by molar-refractivity contribution is 5.74. The zero-order valence-corrected chi connectivity index (χ0v) is 10.7. The van der Waals surface area contributed by atoms with Crippen LogP contribution < -0.4 is 17.0 Å². The van der Waals surface area contributed by atoms with E-state index in [1.165, 1.54) is 0 Å².